The van der Waals surface area contributed by atoms with E-state index in [9.17, 15) is 14.6 Å². The van der Waals surface area contributed by atoms with E-state index in [1.54, 1.807) is 0 Å². The minimum Gasteiger partial charge on any atom is -0.505 e. The molecule has 0 amide bonds. The Morgan fingerprint density at radius 3 is 2.41 bits per heavy atom. The standard InChI is InChI=1S/C12H17FO4/c1-2-12(6-14,7-15)8-17-9-3-4-11(16)10(13)5-9/h3-5,14-16H,2,6-8H2,1H3. The summed E-state index contributed by atoms with van der Waals surface area (Å²) >= 11 is 0. The number of aliphatic hydroxyl groups is 2. The highest BCUT2D eigenvalue weighted by molar-refractivity contribution is 5.32. The Morgan fingerprint density at radius 1 is 1.29 bits per heavy atom. The van der Waals surface area contributed by atoms with Crippen LogP contribution < -0.4 is 4.74 Å². The van der Waals surface area contributed by atoms with E-state index < -0.39 is 17.0 Å². The van der Waals surface area contributed by atoms with E-state index in [1.807, 2.05) is 6.92 Å². The van der Waals surface area contributed by atoms with Crippen LogP contribution in [0.15, 0.2) is 18.2 Å². The molecule has 0 saturated heterocycles. The molecule has 0 aromatic heterocycles. The zero-order valence-corrected chi connectivity index (χ0v) is 9.69. The van der Waals surface area contributed by atoms with Gasteiger partial charge in [-0.2, -0.15) is 0 Å². The summed E-state index contributed by atoms with van der Waals surface area (Å²) in [7, 11) is 0. The molecule has 5 heteroatoms. The van der Waals surface area contributed by atoms with Gasteiger partial charge in [0, 0.05) is 6.07 Å². The topological polar surface area (TPSA) is 69.9 Å². The fourth-order valence-corrected chi connectivity index (χ4v) is 1.28. The van der Waals surface area contributed by atoms with Gasteiger partial charge in [0.15, 0.2) is 11.6 Å². The molecule has 4 nitrogen and oxygen atoms in total. The van der Waals surface area contributed by atoms with Gasteiger partial charge in [0.2, 0.25) is 0 Å². The van der Waals surface area contributed by atoms with Gasteiger partial charge in [-0.25, -0.2) is 4.39 Å². The second-order valence-corrected chi connectivity index (χ2v) is 4.07. The molecule has 0 unspecified atom stereocenters. The third kappa shape index (κ3) is 3.31. The number of hydrogen-bond acceptors (Lipinski definition) is 4. The first-order chi connectivity index (χ1) is 8.06. The molecule has 0 fully saturated rings. The van der Waals surface area contributed by atoms with Crippen LogP contribution in [-0.2, 0) is 0 Å². The van der Waals surface area contributed by atoms with Gasteiger partial charge in [0.25, 0.3) is 0 Å². The van der Waals surface area contributed by atoms with Crippen LogP contribution in [0.25, 0.3) is 0 Å². The summed E-state index contributed by atoms with van der Waals surface area (Å²) in [4.78, 5) is 0. The average Bonchev–Trinajstić information content (AvgIpc) is 2.36. The van der Waals surface area contributed by atoms with Crippen LogP contribution in [0.5, 0.6) is 11.5 Å². The minimum absolute atomic E-state index is 0.0840. The first kappa shape index (κ1) is 13.7. The molecule has 0 heterocycles. The van der Waals surface area contributed by atoms with Gasteiger partial charge in [-0.3, -0.25) is 0 Å². The van der Waals surface area contributed by atoms with Gasteiger partial charge in [-0.1, -0.05) is 6.92 Å². The van der Waals surface area contributed by atoms with Crippen molar-refractivity contribution in [2.24, 2.45) is 5.41 Å². The van der Waals surface area contributed by atoms with Crippen molar-refractivity contribution >= 4 is 0 Å². The van der Waals surface area contributed by atoms with Gasteiger partial charge in [-0.15, -0.1) is 0 Å². The number of hydrogen-bond donors (Lipinski definition) is 3. The maximum absolute atomic E-state index is 13.0. The highest BCUT2D eigenvalue weighted by Gasteiger charge is 2.27. The third-order valence-corrected chi connectivity index (χ3v) is 2.88. The fourth-order valence-electron chi connectivity index (χ4n) is 1.28. The van der Waals surface area contributed by atoms with Crippen molar-refractivity contribution in [2.45, 2.75) is 13.3 Å². The predicted molar refractivity (Wildman–Crippen MR) is 60.5 cm³/mol. The van der Waals surface area contributed by atoms with E-state index in [4.69, 9.17) is 9.84 Å². The van der Waals surface area contributed by atoms with Gasteiger partial charge in [0.1, 0.15) is 5.75 Å². The summed E-state index contributed by atoms with van der Waals surface area (Å²) in [6, 6.07) is 3.67. The third-order valence-electron chi connectivity index (χ3n) is 2.88. The van der Waals surface area contributed by atoms with E-state index in [1.165, 1.54) is 12.1 Å². The second-order valence-electron chi connectivity index (χ2n) is 4.07. The Hall–Kier alpha value is -1.33. The summed E-state index contributed by atoms with van der Waals surface area (Å²) in [5, 5.41) is 27.4. The Balaban J connectivity index is 2.68. The molecule has 0 bridgehead atoms. The van der Waals surface area contributed by atoms with Crippen LogP contribution in [-0.4, -0.2) is 35.1 Å². The van der Waals surface area contributed by atoms with E-state index in [-0.39, 0.29) is 25.6 Å². The highest BCUT2D eigenvalue weighted by Crippen LogP contribution is 2.25. The number of benzene rings is 1. The Morgan fingerprint density at radius 2 is 1.94 bits per heavy atom. The Kier molecular flexibility index (Phi) is 4.72. The monoisotopic (exact) mass is 244 g/mol. The van der Waals surface area contributed by atoms with Crippen molar-refractivity contribution in [2.75, 3.05) is 19.8 Å². The smallest absolute Gasteiger partial charge is 0.168 e. The first-order valence-electron chi connectivity index (χ1n) is 5.40. The number of phenols is 1. The molecule has 0 aliphatic heterocycles. The summed E-state index contributed by atoms with van der Waals surface area (Å²) in [6.07, 6.45) is 0.542. The molecule has 0 saturated carbocycles. The van der Waals surface area contributed by atoms with Crippen molar-refractivity contribution in [1.29, 1.82) is 0 Å². The lowest BCUT2D eigenvalue weighted by Gasteiger charge is -2.28. The quantitative estimate of drug-likeness (QED) is 0.705. The van der Waals surface area contributed by atoms with Crippen LogP contribution in [0, 0.1) is 11.2 Å². The molecule has 0 atom stereocenters. The van der Waals surface area contributed by atoms with E-state index in [2.05, 4.69) is 0 Å². The molecule has 3 N–H and O–H groups in total. The van der Waals surface area contributed by atoms with Gasteiger partial charge in [0.05, 0.1) is 25.2 Å². The van der Waals surface area contributed by atoms with E-state index in [0.717, 1.165) is 6.07 Å². The highest BCUT2D eigenvalue weighted by atomic mass is 19.1. The maximum Gasteiger partial charge on any atom is 0.168 e. The van der Waals surface area contributed by atoms with Gasteiger partial charge < -0.3 is 20.1 Å². The lowest BCUT2D eigenvalue weighted by atomic mass is 9.88. The summed E-state index contributed by atoms with van der Waals surface area (Å²) in [5.74, 6) is -0.957. The van der Waals surface area contributed by atoms with Crippen LogP contribution in [0.1, 0.15) is 13.3 Å². The lowest BCUT2D eigenvalue weighted by Crippen LogP contribution is -2.35. The largest absolute Gasteiger partial charge is 0.505 e. The number of aromatic hydroxyl groups is 1. The Labute approximate surface area is 99.3 Å². The molecule has 0 aliphatic rings. The summed E-state index contributed by atoms with van der Waals surface area (Å²) in [6.45, 7) is 1.50. The van der Waals surface area contributed by atoms with E-state index >= 15 is 0 Å². The molecule has 0 aliphatic carbocycles. The Bertz CT molecular complexity index is 355. The van der Waals surface area contributed by atoms with Crippen LogP contribution in [0.3, 0.4) is 0 Å². The number of rotatable bonds is 6. The molecule has 1 aromatic rings. The molecule has 96 valence electrons. The number of halogens is 1. The number of aliphatic hydroxyl groups excluding tert-OH is 2. The van der Waals surface area contributed by atoms with Crippen molar-refractivity contribution in [3.8, 4) is 11.5 Å². The van der Waals surface area contributed by atoms with Gasteiger partial charge in [-0.05, 0) is 18.6 Å². The number of phenolic OH excluding ortho intramolecular Hbond substituents is 1. The van der Waals surface area contributed by atoms with Crippen LogP contribution >= 0.6 is 0 Å². The molecule has 0 spiro atoms. The first-order valence-corrected chi connectivity index (χ1v) is 5.40. The second kappa shape index (κ2) is 5.84. The number of ether oxygens (including phenoxy) is 1. The zero-order valence-electron chi connectivity index (χ0n) is 9.69. The van der Waals surface area contributed by atoms with Crippen molar-refractivity contribution in [3.05, 3.63) is 24.0 Å². The lowest BCUT2D eigenvalue weighted by molar-refractivity contribution is 0.0113. The molecule has 1 aromatic carbocycles. The average molecular weight is 244 g/mol. The molecule has 0 radical (unpaired) electrons. The van der Waals surface area contributed by atoms with Gasteiger partial charge >= 0.3 is 0 Å². The van der Waals surface area contributed by atoms with Crippen LogP contribution in [0.4, 0.5) is 4.39 Å². The molecule has 17 heavy (non-hydrogen) atoms. The van der Waals surface area contributed by atoms with Crippen molar-refractivity contribution < 1.29 is 24.4 Å². The SMILES string of the molecule is CCC(CO)(CO)COc1ccc(O)c(F)c1. The summed E-state index contributed by atoms with van der Waals surface area (Å²) < 4.78 is 18.3. The fraction of sp³-hybridized carbons (Fsp3) is 0.500. The van der Waals surface area contributed by atoms with Crippen molar-refractivity contribution in [1.82, 2.24) is 0 Å². The minimum atomic E-state index is -0.766. The normalized spacial score (nSPS) is 11.5. The molecular formula is C12H17FO4. The van der Waals surface area contributed by atoms with Crippen LogP contribution in [0.2, 0.25) is 0 Å². The predicted octanol–water partition coefficient (Wildman–Crippen LogP) is 1.29. The molecular weight excluding hydrogens is 227 g/mol. The molecule has 1 rings (SSSR count). The van der Waals surface area contributed by atoms with E-state index in [0.29, 0.717) is 6.42 Å². The summed E-state index contributed by atoms with van der Waals surface area (Å²) in [5.41, 5.74) is -0.728. The maximum atomic E-state index is 13.0. The van der Waals surface area contributed by atoms with Crippen molar-refractivity contribution in [3.63, 3.8) is 0 Å². The zero-order chi connectivity index (χ0) is 12.9.